The fourth-order valence-electron chi connectivity index (χ4n) is 1.36. The molecule has 0 aliphatic carbocycles. The summed E-state index contributed by atoms with van der Waals surface area (Å²) in [6, 6.07) is 20.4. The summed E-state index contributed by atoms with van der Waals surface area (Å²) >= 11 is 0. The van der Waals surface area contributed by atoms with Crippen LogP contribution in [0.3, 0.4) is 0 Å². The molecule has 0 aliphatic rings. The molecule has 14 heavy (non-hydrogen) atoms. The lowest BCUT2D eigenvalue weighted by molar-refractivity contribution is 1.62. The third kappa shape index (κ3) is 1.92. The van der Waals surface area contributed by atoms with Crippen LogP contribution in [-0.2, 0) is 0 Å². The lowest BCUT2D eigenvalue weighted by Crippen LogP contribution is -1.97. The summed E-state index contributed by atoms with van der Waals surface area (Å²) in [5, 5.41) is 1.02. The Bertz CT molecular complexity index is 376. The molecule has 68 valence electrons. The third-order valence-corrected chi connectivity index (χ3v) is 2.61. The Labute approximate surface area is 86.4 Å². The zero-order valence-corrected chi connectivity index (χ0v) is 8.62. The van der Waals surface area contributed by atoms with Gasteiger partial charge in [-0.3, -0.25) is 0 Å². The molecule has 0 atom stereocenters. The molecule has 2 aromatic rings. The highest BCUT2D eigenvalue weighted by Gasteiger charge is 1.92. The van der Waals surface area contributed by atoms with Gasteiger partial charge in [-0.1, -0.05) is 71.8 Å². The molecule has 2 aromatic carbocycles. The van der Waals surface area contributed by atoms with Gasteiger partial charge in [0.15, 0.2) is 0 Å². The lowest BCUT2D eigenvalue weighted by atomic mass is 10.1. The van der Waals surface area contributed by atoms with Crippen molar-refractivity contribution in [3.63, 3.8) is 0 Å². The van der Waals surface area contributed by atoms with Crippen LogP contribution in [0.2, 0.25) is 0 Å². The van der Waals surface area contributed by atoms with E-state index in [0.717, 1.165) is 16.4 Å². The number of hydrogen-bond donors (Lipinski definition) is 0. The van der Waals surface area contributed by atoms with Crippen molar-refractivity contribution >= 4 is 14.2 Å². The third-order valence-electron chi connectivity index (χ3n) is 2.09. The molecule has 0 nitrogen and oxygen atoms in total. The minimum Gasteiger partial charge on any atom is -0.721 e. The van der Waals surface area contributed by atoms with Crippen molar-refractivity contribution in [2.24, 2.45) is 0 Å². The molecule has 0 heterocycles. The van der Waals surface area contributed by atoms with Crippen LogP contribution < -0.4 is 0 Å². The Morgan fingerprint density at radius 1 is 0.643 bits per heavy atom. The van der Waals surface area contributed by atoms with Crippen LogP contribution in [0.25, 0.3) is 0 Å². The monoisotopic (exact) mass is 197 g/mol. The van der Waals surface area contributed by atoms with Gasteiger partial charge in [-0.2, -0.15) is 0 Å². The van der Waals surface area contributed by atoms with E-state index in [9.17, 15) is 0 Å². The quantitative estimate of drug-likeness (QED) is 0.644. The van der Waals surface area contributed by atoms with Crippen LogP contribution in [0.1, 0.15) is 11.1 Å². The van der Waals surface area contributed by atoms with Crippen molar-refractivity contribution in [1.82, 2.24) is 0 Å². The molecule has 0 aromatic heterocycles. The number of rotatable bonds is 2. The maximum atomic E-state index is 4.53. The Morgan fingerprint density at radius 3 is 1.36 bits per heavy atom. The Morgan fingerprint density at radius 2 is 1.00 bits per heavy atom. The van der Waals surface area contributed by atoms with E-state index < -0.39 is 0 Å². The maximum absolute atomic E-state index is 4.53. The Balaban J connectivity index is 2.35. The summed E-state index contributed by atoms with van der Waals surface area (Å²) in [5.74, 6) is 0. The zero-order chi connectivity index (χ0) is 9.80. The van der Waals surface area contributed by atoms with Gasteiger partial charge in [0.2, 0.25) is 0 Å². The Hall–Kier alpha value is -1.39. The topological polar surface area (TPSA) is 0 Å². The van der Waals surface area contributed by atoms with Gasteiger partial charge in [0.1, 0.15) is 0 Å². The molecule has 0 radical (unpaired) electrons. The predicted octanol–water partition coefficient (Wildman–Crippen LogP) is 3.67. The van der Waals surface area contributed by atoms with Gasteiger partial charge in [-0.25, -0.2) is 5.29 Å². The average molecular weight is 197 g/mol. The van der Waals surface area contributed by atoms with Gasteiger partial charge in [0.05, 0.1) is 0 Å². The second kappa shape index (κ2) is 4.21. The normalized spacial score (nSPS) is 9.71. The predicted molar refractivity (Wildman–Crippen MR) is 63.0 cm³/mol. The first-order chi connectivity index (χ1) is 6.88. The first-order valence-corrected chi connectivity index (χ1v) is 4.99. The Kier molecular flexibility index (Phi) is 2.76. The largest absolute Gasteiger partial charge is 0.721 e. The van der Waals surface area contributed by atoms with E-state index in [-0.39, 0.29) is 0 Å². The van der Waals surface area contributed by atoms with Crippen LogP contribution in [0, 0.1) is 0 Å². The van der Waals surface area contributed by atoms with Crippen LogP contribution in [0.15, 0.2) is 60.7 Å². The molecular formula is C13H10P-. The summed E-state index contributed by atoms with van der Waals surface area (Å²) in [4.78, 5) is 0. The molecule has 0 amide bonds. The molecule has 0 bridgehead atoms. The van der Waals surface area contributed by atoms with Gasteiger partial charge in [-0.15, -0.1) is 0 Å². The molecule has 0 unspecified atom stereocenters. The average Bonchev–Trinajstić information content (AvgIpc) is 2.30. The maximum Gasteiger partial charge on any atom is -0.0517 e. The molecule has 1 heteroatoms. The molecule has 0 saturated heterocycles. The van der Waals surface area contributed by atoms with Gasteiger partial charge >= 0.3 is 0 Å². The van der Waals surface area contributed by atoms with Crippen molar-refractivity contribution in [2.45, 2.75) is 0 Å². The highest BCUT2D eigenvalue weighted by Crippen LogP contribution is 2.11. The van der Waals surface area contributed by atoms with Crippen molar-refractivity contribution in [2.75, 3.05) is 0 Å². The lowest BCUT2D eigenvalue weighted by Gasteiger charge is -2.14. The van der Waals surface area contributed by atoms with E-state index in [1.54, 1.807) is 0 Å². The minimum atomic E-state index is 1.02. The van der Waals surface area contributed by atoms with Gasteiger partial charge in [0, 0.05) is 0 Å². The summed E-state index contributed by atoms with van der Waals surface area (Å²) < 4.78 is 0. The first-order valence-electron chi connectivity index (χ1n) is 4.54. The fraction of sp³-hybridized carbons (Fsp3) is 0. The highest BCUT2D eigenvalue weighted by molar-refractivity contribution is 7.23. The van der Waals surface area contributed by atoms with E-state index in [0.29, 0.717) is 0 Å². The second-order valence-corrected chi connectivity index (χ2v) is 3.53. The number of hydrogen-bond acceptors (Lipinski definition) is 0. The molecule has 0 N–H and O–H groups in total. The summed E-state index contributed by atoms with van der Waals surface area (Å²) in [5.41, 5.74) is 2.31. The zero-order valence-electron chi connectivity index (χ0n) is 7.72. The summed E-state index contributed by atoms with van der Waals surface area (Å²) in [6.07, 6.45) is 0. The van der Waals surface area contributed by atoms with Crippen molar-refractivity contribution in [3.8, 4) is 0 Å². The number of benzene rings is 2. The highest BCUT2D eigenvalue weighted by atomic mass is 31.0. The van der Waals surface area contributed by atoms with E-state index in [2.05, 4.69) is 33.1 Å². The summed E-state index contributed by atoms with van der Waals surface area (Å²) in [7, 11) is 4.53. The van der Waals surface area contributed by atoms with Gasteiger partial charge < -0.3 is 8.86 Å². The van der Waals surface area contributed by atoms with Crippen molar-refractivity contribution in [3.05, 3.63) is 71.8 Å². The molecule has 0 aliphatic heterocycles. The van der Waals surface area contributed by atoms with Gasteiger partial charge in [-0.05, 0) is 0 Å². The molecule has 2 rings (SSSR count). The summed E-state index contributed by atoms with van der Waals surface area (Å²) in [6.45, 7) is 0. The standard InChI is InChI=1S/C13H10P/c14-13(11-7-3-1-4-8-11)12-9-5-2-6-10-12/h1-10H/q-1. The SMILES string of the molecule is [P-]=C(c1ccccc1)c1ccccc1. The molecule has 0 spiro atoms. The second-order valence-electron chi connectivity index (χ2n) is 3.08. The molecule has 0 fully saturated rings. The minimum absolute atomic E-state index is 1.02. The van der Waals surface area contributed by atoms with Crippen LogP contribution in [0.4, 0.5) is 0 Å². The van der Waals surface area contributed by atoms with E-state index in [1.807, 2.05) is 36.4 Å². The molecule has 0 saturated carbocycles. The van der Waals surface area contributed by atoms with Gasteiger partial charge in [0.25, 0.3) is 0 Å². The van der Waals surface area contributed by atoms with Crippen LogP contribution in [0.5, 0.6) is 0 Å². The van der Waals surface area contributed by atoms with Crippen molar-refractivity contribution < 1.29 is 0 Å². The van der Waals surface area contributed by atoms with Crippen molar-refractivity contribution in [1.29, 1.82) is 0 Å². The van der Waals surface area contributed by atoms with E-state index in [1.165, 1.54) is 0 Å². The van der Waals surface area contributed by atoms with Crippen LogP contribution in [-0.4, -0.2) is 5.29 Å². The van der Waals surface area contributed by atoms with E-state index in [4.69, 9.17) is 0 Å². The smallest absolute Gasteiger partial charge is 0.0517 e. The molecular weight excluding hydrogens is 187 g/mol. The van der Waals surface area contributed by atoms with Crippen LogP contribution >= 0.6 is 8.86 Å². The fourth-order valence-corrected chi connectivity index (χ4v) is 1.66. The first kappa shape index (κ1) is 9.18. The van der Waals surface area contributed by atoms with E-state index >= 15 is 0 Å².